The van der Waals surface area contributed by atoms with Crippen molar-refractivity contribution in [2.45, 2.75) is 18.2 Å². The molecule has 0 fully saturated rings. The second-order valence-electron chi connectivity index (χ2n) is 6.92. The number of thioether (sulfide) groups is 1. The third kappa shape index (κ3) is 4.39. The molecule has 0 atom stereocenters. The molecule has 0 aromatic heterocycles. The highest BCUT2D eigenvalue weighted by atomic mass is 32.2. The largest absolute Gasteiger partial charge is 0.494 e. The molecule has 6 heteroatoms. The summed E-state index contributed by atoms with van der Waals surface area (Å²) in [6, 6.07) is 21.9. The van der Waals surface area contributed by atoms with Crippen LogP contribution in [-0.2, 0) is 9.59 Å². The van der Waals surface area contributed by atoms with Gasteiger partial charge in [0.25, 0.3) is 11.8 Å². The monoisotopic (exact) mass is 433 g/mol. The van der Waals surface area contributed by atoms with E-state index in [1.807, 2.05) is 37.3 Å². The lowest BCUT2D eigenvalue weighted by atomic mass is 10.1. The summed E-state index contributed by atoms with van der Waals surface area (Å²) >= 11 is 1.23. The Balaban J connectivity index is 1.76. The van der Waals surface area contributed by atoms with Crippen molar-refractivity contribution in [3.8, 4) is 5.75 Å². The summed E-state index contributed by atoms with van der Waals surface area (Å²) in [5, 5.41) is 0. The lowest BCUT2D eigenvalue weighted by Gasteiger charge is -2.16. The number of rotatable bonds is 7. The first-order chi connectivity index (χ1) is 15.1. The van der Waals surface area contributed by atoms with Crippen molar-refractivity contribution in [3.63, 3.8) is 0 Å². The van der Waals surface area contributed by atoms with Gasteiger partial charge < -0.3 is 4.74 Å². The highest BCUT2D eigenvalue weighted by Gasteiger charge is 2.40. The fourth-order valence-electron chi connectivity index (χ4n) is 3.25. The highest BCUT2D eigenvalue weighted by molar-refractivity contribution is 8.04. The van der Waals surface area contributed by atoms with Crippen LogP contribution in [0.15, 0.2) is 88.7 Å². The standard InChI is InChI=1S/C25H20FNO3S/c1-2-15-30-20-8-6-7-19(16-20)27-24(28)22(17-11-13-18(26)14-12-17)23(25(27)29)31-21-9-4-3-5-10-21/h3-14,16H,2,15H2,1H3. The van der Waals surface area contributed by atoms with Gasteiger partial charge in [-0.1, -0.05) is 55.1 Å². The lowest BCUT2D eigenvalue weighted by Crippen LogP contribution is -2.31. The van der Waals surface area contributed by atoms with Gasteiger partial charge in [-0.15, -0.1) is 0 Å². The SMILES string of the molecule is CCCOc1cccc(N2C(=O)C(Sc3ccccc3)=C(c3ccc(F)cc3)C2=O)c1. The van der Waals surface area contributed by atoms with E-state index < -0.39 is 17.6 Å². The molecule has 0 aliphatic carbocycles. The van der Waals surface area contributed by atoms with Gasteiger partial charge in [0.2, 0.25) is 0 Å². The van der Waals surface area contributed by atoms with E-state index >= 15 is 0 Å². The lowest BCUT2D eigenvalue weighted by molar-refractivity contribution is -0.119. The molecule has 0 N–H and O–H groups in total. The molecule has 0 spiro atoms. The maximum absolute atomic E-state index is 13.5. The zero-order chi connectivity index (χ0) is 21.8. The van der Waals surface area contributed by atoms with Crippen LogP contribution >= 0.6 is 11.8 Å². The number of halogens is 1. The average molecular weight is 434 g/mol. The Bertz CT molecular complexity index is 1140. The normalized spacial score (nSPS) is 13.8. The molecule has 156 valence electrons. The molecule has 4 nitrogen and oxygen atoms in total. The van der Waals surface area contributed by atoms with Crippen LogP contribution in [0.1, 0.15) is 18.9 Å². The number of benzene rings is 3. The molecule has 1 aliphatic heterocycles. The number of anilines is 1. The third-order valence-corrected chi connectivity index (χ3v) is 5.78. The molecule has 1 heterocycles. The van der Waals surface area contributed by atoms with E-state index in [9.17, 15) is 14.0 Å². The predicted molar refractivity (Wildman–Crippen MR) is 120 cm³/mol. The summed E-state index contributed by atoms with van der Waals surface area (Å²) in [7, 11) is 0. The molecule has 4 rings (SSSR count). The minimum Gasteiger partial charge on any atom is -0.494 e. The molecule has 1 aliphatic rings. The second-order valence-corrected chi connectivity index (χ2v) is 8.00. The van der Waals surface area contributed by atoms with E-state index in [2.05, 4.69) is 0 Å². The van der Waals surface area contributed by atoms with Crippen molar-refractivity contribution >= 4 is 34.8 Å². The number of imide groups is 1. The molecule has 3 aromatic rings. The first-order valence-electron chi connectivity index (χ1n) is 9.93. The van der Waals surface area contributed by atoms with E-state index in [1.165, 1.54) is 36.0 Å². The minimum absolute atomic E-state index is 0.263. The van der Waals surface area contributed by atoms with Crippen LogP contribution in [-0.4, -0.2) is 18.4 Å². The van der Waals surface area contributed by atoms with Gasteiger partial charge in [0.15, 0.2) is 0 Å². The molecule has 0 radical (unpaired) electrons. The Labute approximate surface area is 184 Å². The summed E-state index contributed by atoms with van der Waals surface area (Å²) in [5.74, 6) is -0.669. The smallest absolute Gasteiger partial charge is 0.272 e. The summed E-state index contributed by atoms with van der Waals surface area (Å²) in [6.45, 7) is 2.54. The van der Waals surface area contributed by atoms with Gasteiger partial charge in [0.05, 0.1) is 22.8 Å². The summed E-state index contributed by atoms with van der Waals surface area (Å²) in [6.07, 6.45) is 0.847. The molecule has 0 bridgehead atoms. The first-order valence-corrected chi connectivity index (χ1v) is 10.7. The van der Waals surface area contributed by atoms with Gasteiger partial charge in [-0.25, -0.2) is 9.29 Å². The van der Waals surface area contributed by atoms with E-state index in [-0.39, 0.29) is 5.57 Å². The number of amides is 2. The van der Waals surface area contributed by atoms with Crippen molar-refractivity contribution in [1.82, 2.24) is 0 Å². The Hall–Kier alpha value is -3.38. The number of nitrogens with zero attached hydrogens (tertiary/aromatic N) is 1. The zero-order valence-corrected chi connectivity index (χ0v) is 17.7. The van der Waals surface area contributed by atoms with Crippen molar-refractivity contribution in [3.05, 3.63) is 95.1 Å². The fourth-order valence-corrected chi connectivity index (χ4v) is 4.26. The molecular formula is C25H20FNO3S. The van der Waals surface area contributed by atoms with Gasteiger partial charge in [-0.3, -0.25) is 9.59 Å². The van der Waals surface area contributed by atoms with Crippen molar-refractivity contribution in [2.75, 3.05) is 11.5 Å². The van der Waals surface area contributed by atoms with Gasteiger partial charge >= 0.3 is 0 Å². The summed E-state index contributed by atoms with van der Waals surface area (Å²) < 4.78 is 19.1. The Morgan fingerprint density at radius 2 is 1.65 bits per heavy atom. The molecule has 2 amide bonds. The molecule has 0 saturated carbocycles. The quantitative estimate of drug-likeness (QED) is 0.449. The Kier molecular flexibility index (Phi) is 6.18. The number of ether oxygens (including phenoxy) is 1. The first kappa shape index (κ1) is 20.9. The van der Waals surface area contributed by atoms with Crippen LogP contribution < -0.4 is 9.64 Å². The van der Waals surface area contributed by atoms with Crippen LogP contribution in [0.4, 0.5) is 10.1 Å². The van der Waals surface area contributed by atoms with E-state index in [1.54, 1.807) is 24.3 Å². The predicted octanol–water partition coefficient (Wildman–Crippen LogP) is 5.69. The van der Waals surface area contributed by atoms with E-state index in [0.717, 1.165) is 16.2 Å². The number of hydrogen-bond acceptors (Lipinski definition) is 4. The maximum atomic E-state index is 13.5. The summed E-state index contributed by atoms with van der Waals surface area (Å²) in [5.41, 5.74) is 1.20. The zero-order valence-electron chi connectivity index (χ0n) is 16.9. The van der Waals surface area contributed by atoms with Crippen molar-refractivity contribution < 1.29 is 18.7 Å². The van der Waals surface area contributed by atoms with Gasteiger partial charge in [-0.2, -0.15) is 0 Å². The van der Waals surface area contributed by atoms with Crippen LogP contribution in [0.5, 0.6) is 5.75 Å². The van der Waals surface area contributed by atoms with Crippen LogP contribution in [0, 0.1) is 5.82 Å². The van der Waals surface area contributed by atoms with Gasteiger partial charge in [0.1, 0.15) is 11.6 Å². The summed E-state index contributed by atoms with van der Waals surface area (Å²) in [4.78, 5) is 29.1. The Morgan fingerprint density at radius 1 is 0.903 bits per heavy atom. The van der Waals surface area contributed by atoms with Crippen LogP contribution in [0.2, 0.25) is 0 Å². The molecular weight excluding hydrogens is 413 g/mol. The molecule has 0 unspecified atom stereocenters. The van der Waals surface area contributed by atoms with Gasteiger partial charge in [-0.05, 0) is 48.4 Å². The molecule has 0 saturated heterocycles. The maximum Gasteiger partial charge on any atom is 0.272 e. The Morgan fingerprint density at radius 3 is 2.35 bits per heavy atom. The van der Waals surface area contributed by atoms with Crippen LogP contribution in [0.3, 0.4) is 0 Å². The van der Waals surface area contributed by atoms with Crippen molar-refractivity contribution in [1.29, 1.82) is 0 Å². The van der Waals surface area contributed by atoms with E-state index in [0.29, 0.717) is 28.5 Å². The molecule has 31 heavy (non-hydrogen) atoms. The number of carbonyl (C=O) groups is 2. The topological polar surface area (TPSA) is 46.6 Å². The fraction of sp³-hybridized carbons (Fsp3) is 0.120. The third-order valence-electron chi connectivity index (χ3n) is 4.69. The molecule has 3 aromatic carbocycles. The second kappa shape index (κ2) is 9.18. The highest BCUT2D eigenvalue weighted by Crippen LogP contribution is 2.41. The minimum atomic E-state index is -0.442. The van der Waals surface area contributed by atoms with Crippen molar-refractivity contribution in [2.24, 2.45) is 0 Å². The van der Waals surface area contributed by atoms with E-state index in [4.69, 9.17) is 4.74 Å². The number of hydrogen-bond donors (Lipinski definition) is 0. The van der Waals surface area contributed by atoms with Crippen LogP contribution in [0.25, 0.3) is 5.57 Å². The number of carbonyl (C=O) groups excluding carboxylic acids is 2. The average Bonchev–Trinajstić information content (AvgIpc) is 3.03. The van der Waals surface area contributed by atoms with Gasteiger partial charge in [0, 0.05) is 11.0 Å².